The van der Waals surface area contributed by atoms with Crippen LogP contribution in [0.25, 0.3) is 0 Å². The molecule has 2 rings (SSSR count). The van der Waals surface area contributed by atoms with E-state index in [0.717, 1.165) is 5.56 Å². The zero-order chi connectivity index (χ0) is 15.8. The minimum absolute atomic E-state index is 0.0570. The van der Waals surface area contributed by atoms with Gasteiger partial charge in [0.1, 0.15) is 0 Å². The molecule has 0 bridgehead atoms. The molecule has 0 aliphatic carbocycles. The zero-order valence-corrected chi connectivity index (χ0v) is 13.4. The van der Waals surface area contributed by atoms with Crippen LogP contribution >= 0.6 is 0 Å². The van der Waals surface area contributed by atoms with Crippen LogP contribution < -0.4 is 4.31 Å². The van der Waals surface area contributed by atoms with Gasteiger partial charge in [-0.3, -0.25) is 4.31 Å². The molecule has 0 aromatic heterocycles. The fraction of sp³-hybridized carbons (Fsp3) is 0.533. The average Bonchev–Trinajstić information content (AvgIpc) is 2.79. The quantitative estimate of drug-likeness (QED) is 0.927. The van der Waals surface area contributed by atoms with E-state index < -0.39 is 16.0 Å². The van der Waals surface area contributed by atoms with Gasteiger partial charge < -0.3 is 5.11 Å². The van der Waals surface area contributed by atoms with Crippen molar-refractivity contribution in [3.8, 4) is 0 Å². The van der Waals surface area contributed by atoms with Gasteiger partial charge in [-0.15, -0.1) is 0 Å². The van der Waals surface area contributed by atoms with Crippen molar-refractivity contribution < 1.29 is 18.3 Å². The molecule has 5 nitrogen and oxygen atoms in total. The van der Waals surface area contributed by atoms with Crippen LogP contribution in [0.4, 0.5) is 5.69 Å². The molecule has 0 saturated carbocycles. The fourth-order valence-electron chi connectivity index (χ4n) is 2.32. The van der Waals surface area contributed by atoms with Crippen molar-refractivity contribution in [1.29, 1.82) is 0 Å². The summed E-state index contributed by atoms with van der Waals surface area (Å²) in [6.07, 6.45) is 1.20. The Morgan fingerprint density at radius 2 is 2.00 bits per heavy atom. The van der Waals surface area contributed by atoms with Gasteiger partial charge in [0, 0.05) is 6.54 Å². The first-order valence-electron chi connectivity index (χ1n) is 6.97. The molecule has 1 N–H and O–H groups in total. The molecule has 1 aliphatic heterocycles. The van der Waals surface area contributed by atoms with Gasteiger partial charge >= 0.3 is 5.97 Å². The molecule has 0 spiro atoms. The maximum atomic E-state index is 12.5. The molecule has 1 aromatic rings. The molecule has 1 aromatic carbocycles. The number of aromatic carboxylic acids is 1. The first kappa shape index (κ1) is 15.8. The van der Waals surface area contributed by atoms with Crippen LogP contribution in [0.2, 0.25) is 0 Å². The van der Waals surface area contributed by atoms with E-state index in [9.17, 15) is 13.2 Å². The summed E-state index contributed by atoms with van der Waals surface area (Å²) >= 11 is 0. The molecule has 6 heteroatoms. The molecule has 0 atom stereocenters. The Morgan fingerprint density at radius 1 is 1.33 bits per heavy atom. The van der Waals surface area contributed by atoms with Crippen LogP contribution in [0.5, 0.6) is 0 Å². The van der Waals surface area contributed by atoms with E-state index in [1.807, 2.05) is 20.8 Å². The van der Waals surface area contributed by atoms with E-state index in [1.165, 1.54) is 16.4 Å². The first-order chi connectivity index (χ1) is 9.60. The molecule has 1 heterocycles. The molecule has 1 aliphatic rings. The lowest BCUT2D eigenvalue weighted by Gasteiger charge is -2.23. The van der Waals surface area contributed by atoms with Crippen LogP contribution in [-0.2, 0) is 16.4 Å². The Balaban J connectivity index is 2.29. The lowest BCUT2D eigenvalue weighted by Crippen LogP contribution is -2.32. The lowest BCUT2D eigenvalue weighted by atomic mass is 9.94. The SMILES string of the molecule is CC(C)(C)CCS(=O)(=O)N1CCc2ccc(C(=O)O)cc21. The number of carboxylic acids is 1. The third-order valence-electron chi connectivity index (χ3n) is 3.63. The van der Waals surface area contributed by atoms with Gasteiger partial charge in [0.05, 0.1) is 17.0 Å². The Bertz CT molecular complexity index is 659. The maximum absolute atomic E-state index is 12.5. The Morgan fingerprint density at radius 3 is 2.57 bits per heavy atom. The van der Waals surface area contributed by atoms with Crippen LogP contribution in [0.1, 0.15) is 43.1 Å². The fourth-order valence-corrected chi connectivity index (χ4v) is 4.25. The second-order valence-corrected chi connectivity index (χ2v) is 8.61. The molecule has 0 amide bonds. The summed E-state index contributed by atoms with van der Waals surface area (Å²) in [4.78, 5) is 11.0. The number of hydrogen-bond donors (Lipinski definition) is 1. The monoisotopic (exact) mass is 311 g/mol. The summed E-state index contributed by atoms with van der Waals surface area (Å²) in [5, 5.41) is 9.05. The minimum atomic E-state index is -3.41. The molecular weight excluding hydrogens is 290 g/mol. The Kier molecular flexibility index (Phi) is 4.02. The second kappa shape index (κ2) is 5.33. The third-order valence-corrected chi connectivity index (χ3v) is 5.40. The summed E-state index contributed by atoms with van der Waals surface area (Å²) < 4.78 is 26.4. The summed E-state index contributed by atoms with van der Waals surface area (Å²) in [7, 11) is -3.41. The Hall–Kier alpha value is -1.56. The maximum Gasteiger partial charge on any atom is 0.335 e. The summed E-state index contributed by atoms with van der Waals surface area (Å²) in [5.41, 5.74) is 1.47. The number of benzene rings is 1. The van der Waals surface area contributed by atoms with E-state index in [-0.39, 0.29) is 16.7 Å². The van der Waals surface area contributed by atoms with Crippen LogP contribution in [0.15, 0.2) is 18.2 Å². The van der Waals surface area contributed by atoms with Gasteiger partial charge in [0.15, 0.2) is 0 Å². The van der Waals surface area contributed by atoms with Gasteiger partial charge in [-0.2, -0.15) is 0 Å². The van der Waals surface area contributed by atoms with Gasteiger partial charge in [0.2, 0.25) is 10.0 Å². The smallest absolute Gasteiger partial charge is 0.335 e. The van der Waals surface area contributed by atoms with Gasteiger partial charge in [-0.1, -0.05) is 26.8 Å². The largest absolute Gasteiger partial charge is 0.478 e. The topological polar surface area (TPSA) is 74.7 Å². The number of fused-ring (bicyclic) bond motifs is 1. The number of carboxylic acid groups (broad SMARTS) is 1. The molecule has 21 heavy (non-hydrogen) atoms. The number of rotatable bonds is 4. The summed E-state index contributed by atoms with van der Waals surface area (Å²) in [6, 6.07) is 4.68. The first-order valence-corrected chi connectivity index (χ1v) is 8.58. The average molecular weight is 311 g/mol. The van der Waals surface area contributed by atoms with E-state index >= 15 is 0 Å². The molecule has 0 unspecified atom stereocenters. The zero-order valence-electron chi connectivity index (χ0n) is 12.6. The Labute approximate surface area is 125 Å². The standard InChI is InChI=1S/C15H21NO4S/c1-15(2,3)7-9-21(19,20)16-8-6-11-4-5-12(14(17)18)10-13(11)16/h4-5,10H,6-9H2,1-3H3,(H,17,18). The molecule has 0 saturated heterocycles. The van der Waals surface area contributed by atoms with Crippen molar-refractivity contribution in [2.45, 2.75) is 33.6 Å². The van der Waals surface area contributed by atoms with Gasteiger partial charge in [0.25, 0.3) is 0 Å². The van der Waals surface area contributed by atoms with Crippen molar-refractivity contribution >= 4 is 21.7 Å². The summed E-state index contributed by atoms with van der Waals surface area (Å²) in [6.45, 7) is 6.40. The predicted molar refractivity (Wildman–Crippen MR) is 82.3 cm³/mol. The van der Waals surface area contributed by atoms with Crippen molar-refractivity contribution in [1.82, 2.24) is 0 Å². The summed E-state index contributed by atoms with van der Waals surface area (Å²) in [5.74, 6) is -0.968. The van der Waals surface area contributed by atoms with E-state index in [1.54, 1.807) is 6.07 Å². The third kappa shape index (κ3) is 3.56. The van der Waals surface area contributed by atoms with E-state index in [2.05, 4.69) is 0 Å². The van der Waals surface area contributed by atoms with E-state index in [0.29, 0.717) is 25.1 Å². The predicted octanol–water partition coefficient (Wildman–Crippen LogP) is 2.51. The van der Waals surface area contributed by atoms with Gasteiger partial charge in [-0.25, -0.2) is 13.2 Å². The molecule has 0 radical (unpaired) electrons. The van der Waals surface area contributed by atoms with Gasteiger partial charge in [-0.05, 0) is 36.0 Å². The minimum Gasteiger partial charge on any atom is -0.478 e. The van der Waals surface area contributed by atoms with Crippen molar-refractivity contribution in [2.24, 2.45) is 5.41 Å². The highest BCUT2D eigenvalue weighted by molar-refractivity contribution is 7.92. The number of hydrogen-bond acceptors (Lipinski definition) is 3. The van der Waals surface area contributed by atoms with E-state index in [4.69, 9.17) is 5.11 Å². The highest BCUT2D eigenvalue weighted by Crippen LogP contribution is 2.32. The molecule has 0 fully saturated rings. The van der Waals surface area contributed by atoms with Crippen LogP contribution in [0, 0.1) is 5.41 Å². The highest BCUT2D eigenvalue weighted by atomic mass is 32.2. The lowest BCUT2D eigenvalue weighted by molar-refractivity contribution is 0.0697. The van der Waals surface area contributed by atoms with Crippen molar-refractivity contribution in [3.63, 3.8) is 0 Å². The molecule has 116 valence electrons. The number of sulfonamides is 1. The number of nitrogens with zero attached hydrogens (tertiary/aromatic N) is 1. The van der Waals surface area contributed by atoms with Crippen LogP contribution in [0.3, 0.4) is 0 Å². The highest BCUT2D eigenvalue weighted by Gasteiger charge is 2.30. The van der Waals surface area contributed by atoms with Crippen molar-refractivity contribution in [3.05, 3.63) is 29.3 Å². The van der Waals surface area contributed by atoms with Crippen molar-refractivity contribution in [2.75, 3.05) is 16.6 Å². The van der Waals surface area contributed by atoms with Crippen LogP contribution in [-0.4, -0.2) is 31.8 Å². The number of anilines is 1. The molecular formula is C15H21NO4S. The normalized spacial score (nSPS) is 15.1. The second-order valence-electron chi connectivity index (χ2n) is 6.60. The number of carbonyl (C=O) groups is 1.